The highest BCUT2D eigenvalue weighted by molar-refractivity contribution is 9.10. The summed E-state index contributed by atoms with van der Waals surface area (Å²) in [5.74, 6) is 1.99. The average Bonchev–Trinajstić information content (AvgIpc) is 2.93. The fraction of sp³-hybridized carbons (Fsp3) is 0.200. The van der Waals surface area contributed by atoms with Crippen molar-refractivity contribution in [3.05, 3.63) is 52.6 Å². The minimum Gasteiger partial charge on any atom is -0.484 e. The van der Waals surface area contributed by atoms with Crippen molar-refractivity contribution in [2.75, 3.05) is 0 Å². The third-order valence-corrected chi connectivity index (χ3v) is 3.46. The van der Waals surface area contributed by atoms with Crippen molar-refractivity contribution >= 4 is 26.7 Å². The molecule has 102 valence electrons. The third kappa shape index (κ3) is 2.82. The molecular weight excluding hydrogens is 320 g/mol. The minimum atomic E-state index is 0.287. The molecule has 0 aliphatic rings. The first-order valence-electron chi connectivity index (χ1n) is 6.38. The normalized spacial score (nSPS) is 10.9. The van der Waals surface area contributed by atoms with Gasteiger partial charge in [-0.1, -0.05) is 40.1 Å². The van der Waals surface area contributed by atoms with Crippen LogP contribution in [-0.4, -0.2) is 10.1 Å². The number of hydrogen-bond donors (Lipinski definition) is 0. The Hall–Kier alpha value is -1.88. The van der Waals surface area contributed by atoms with E-state index in [1.54, 1.807) is 0 Å². The SMILES string of the molecule is CCc1noc(COc2ccc3cc(Br)ccc3c2)n1. The molecule has 3 aromatic rings. The summed E-state index contributed by atoms with van der Waals surface area (Å²) in [4.78, 5) is 4.21. The van der Waals surface area contributed by atoms with E-state index in [0.29, 0.717) is 11.7 Å². The number of ether oxygens (including phenoxy) is 1. The van der Waals surface area contributed by atoms with Crippen LogP contribution in [0.3, 0.4) is 0 Å². The van der Waals surface area contributed by atoms with E-state index in [1.807, 2.05) is 37.3 Å². The molecule has 2 aromatic carbocycles. The highest BCUT2D eigenvalue weighted by Crippen LogP contribution is 2.24. The van der Waals surface area contributed by atoms with E-state index in [0.717, 1.165) is 27.4 Å². The van der Waals surface area contributed by atoms with Crippen LogP contribution in [0.2, 0.25) is 0 Å². The Morgan fingerprint density at radius 3 is 2.75 bits per heavy atom. The summed E-state index contributed by atoms with van der Waals surface area (Å²) in [7, 11) is 0. The van der Waals surface area contributed by atoms with Gasteiger partial charge < -0.3 is 9.26 Å². The molecule has 0 saturated heterocycles. The second kappa shape index (κ2) is 5.63. The fourth-order valence-electron chi connectivity index (χ4n) is 1.92. The van der Waals surface area contributed by atoms with Crippen LogP contribution in [0.5, 0.6) is 5.75 Å². The van der Waals surface area contributed by atoms with E-state index in [9.17, 15) is 0 Å². The maximum Gasteiger partial charge on any atom is 0.264 e. The van der Waals surface area contributed by atoms with Crippen LogP contribution in [0.4, 0.5) is 0 Å². The molecule has 0 saturated carbocycles. The molecule has 0 bridgehead atoms. The lowest BCUT2D eigenvalue weighted by molar-refractivity contribution is 0.242. The maximum absolute atomic E-state index is 5.68. The number of fused-ring (bicyclic) bond motifs is 1. The molecule has 0 N–H and O–H groups in total. The fourth-order valence-corrected chi connectivity index (χ4v) is 2.30. The molecule has 4 nitrogen and oxygen atoms in total. The van der Waals surface area contributed by atoms with Gasteiger partial charge in [0.1, 0.15) is 5.75 Å². The van der Waals surface area contributed by atoms with Gasteiger partial charge >= 0.3 is 0 Å². The van der Waals surface area contributed by atoms with Crippen molar-refractivity contribution in [2.45, 2.75) is 20.0 Å². The maximum atomic E-state index is 5.68. The van der Waals surface area contributed by atoms with E-state index in [2.05, 4.69) is 32.1 Å². The smallest absolute Gasteiger partial charge is 0.264 e. The summed E-state index contributed by atoms with van der Waals surface area (Å²) in [6.45, 7) is 2.27. The van der Waals surface area contributed by atoms with Crippen LogP contribution in [-0.2, 0) is 13.0 Å². The van der Waals surface area contributed by atoms with Gasteiger partial charge in [-0.3, -0.25) is 0 Å². The average molecular weight is 333 g/mol. The van der Waals surface area contributed by atoms with Crippen LogP contribution in [0.1, 0.15) is 18.6 Å². The van der Waals surface area contributed by atoms with Crippen molar-refractivity contribution in [3.8, 4) is 5.75 Å². The van der Waals surface area contributed by atoms with Crippen LogP contribution in [0, 0.1) is 0 Å². The summed E-state index contributed by atoms with van der Waals surface area (Å²) in [5, 5.41) is 6.13. The molecule has 5 heteroatoms. The van der Waals surface area contributed by atoms with Gasteiger partial charge in [-0.2, -0.15) is 4.98 Å². The lowest BCUT2D eigenvalue weighted by atomic mass is 10.1. The van der Waals surface area contributed by atoms with Gasteiger partial charge in [0.05, 0.1) is 0 Å². The largest absolute Gasteiger partial charge is 0.484 e. The predicted octanol–water partition coefficient (Wildman–Crippen LogP) is 4.13. The number of aromatic nitrogens is 2. The minimum absolute atomic E-state index is 0.287. The summed E-state index contributed by atoms with van der Waals surface area (Å²) < 4.78 is 11.8. The lowest BCUT2D eigenvalue weighted by Gasteiger charge is -2.05. The molecular formula is C15H13BrN2O2. The molecule has 0 aliphatic heterocycles. The van der Waals surface area contributed by atoms with Crippen molar-refractivity contribution in [1.82, 2.24) is 10.1 Å². The number of rotatable bonds is 4. The van der Waals surface area contributed by atoms with Crippen LogP contribution < -0.4 is 4.74 Å². The Morgan fingerprint density at radius 2 is 1.95 bits per heavy atom. The summed E-state index contributed by atoms with van der Waals surface area (Å²) >= 11 is 3.46. The van der Waals surface area contributed by atoms with Gasteiger partial charge in [-0.15, -0.1) is 0 Å². The van der Waals surface area contributed by atoms with Crippen molar-refractivity contribution in [2.24, 2.45) is 0 Å². The van der Waals surface area contributed by atoms with Crippen LogP contribution in [0.15, 0.2) is 45.4 Å². The Labute approximate surface area is 124 Å². The molecule has 0 unspecified atom stereocenters. The third-order valence-electron chi connectivity index (χ3n) is 2.96. The van der Waals surface area contributed by atoms with E-state index in [1.165, 1.54) is 0 Å². The molecule has 3 rings (SSSR count). The van der Waals surface area contributed by atoms with Gasteiger partial charge in [0, 0.05) is 10.9 Å². The first-order valence-corrected chi connectivity index (χ1v) is 7.17. The number of halogens is 1. The molecule has 0 radical (unpaired) electrons. The Balaban J connectivity index is 1.75. The first kappa shape index (κ1) is 13.1. The predicted molar refractivity (Wildman–Crippen MR) is 79.7 cm³/mol. The Morgan fingerprint density at radius 1 is 1.15 bits per heavy atom. The van der Waals surface area contributed by atoms with Crippen LogP contribution in [0.25, 0.3) is 10.8 Å². The molecule has 1 aromatic heterocycles. The quantitative estimate of drug-likeness (QED) is 0.720. The zero-order valence-corrected chi connectivity index (χ0v) is 12.6. The summed E-state index contributed by atoms with van der Waals surface area (Å²) in [6, 6.07) is 12.1. The van der Waals surface area contributed by atoms with E-state index < -0.39 is 0 Å². The van der Waals surface area contributed by atoms with Crippen LogP contribution >= 0.6 is 15.9 Å². The summed E-state index contributed by atoms with van der Waals surface area (Å²) in [5.41, 5.74) is 0. The van der Waals surface area contributed by atoms with Gasteiger partial charge in [0.15, 0.2) is 12.4 Å². The van der Waals surface area contributed by atoms with Gasteiger partial charge in [0.2, 0.25) is 0 Å². The Kier molecular flexibility index (Phi) is 3.69. The number of aryl methyl sites for hydroxylation is 1. The van der Waals surface area contributed by atoms with Crippen molar-refractivity contribution in [3.63, 3.8) is 0 Å². The lowest BCUT2D eigenvalue weighted by Crippen LogP contribution is -1.96. The topological polar surface area (TPSA) is 48.2 Å². The second-order valence-electron chi connectivity index (χ2n) is 4.40. The molecule has 1 heterocycles. The number of nitrogens with zero attached hydrogens (tertiary/aromatic N) is 2. The second-order valence-corrected chi connectivity index (χ2v) is 5.32. The van der Waals surface area contributed by atoms with E-state index >= 15 is 0 Å². The summed E-state index contributed by atoms with van der Waals surface area (Å²) in [6.07, 6.45) is 0.758. The first-order chi connectivity index (χ1) is 9.74. The van der Waals surface area contributed by atoms with Crippen molar-refractivity contribution < 1.29 is 9.26 Å². The van der Waals surface area contributed by atoms with E-state index in [-0.39, 0.29) is 6.61 Å². The highest BCUT2D eigenvalue weighted by atomic mass is 79.9. The number of hydrogen-bond acceptors (Lipinski definition) is 4. The highest BCUT2D eigenvalue weighted by Gasteiger charge is 2.05. The van der Waals surface area contributed by atoms with Gasteiger partial charge in [0.25, 0.3) is 5.89 Å². The zero-order chi connectivity index (χ0) is 13.9. The molecule has 0 spiro atoms. The monoisotopic (exact) mass is 332 g/mol. The molecule has 0 amide bonds. The molecule has 0 atom stereocenters. The molecule has 0 fully saturated rings. The van der Waals surface area contributed by atoms with Gasteiger partial charge in [-0.05, 0) is 35.0 Å². The molecule has 20 heavy (non-hydrogen) atoms. The zero-order valence-electron chi connectivity index (χ0n) is 11.0. The standard InChI is InChI=1S/C15H13BrN2O2/c1-2-14-17-15(20-18-14)9-19-13-6-4-10-7-12(16)5-3-11(10)8-13/h3-8H,2,9H2,1H3. The Bertz CT molecular complexity index is 740. The van der Waals surface area contributed by atoms with Crippen molar-refractivity contribution in [1.29, 1.82) is 0 Å². The number of benzene rings is 2. The molecule has 0 aliphatic carbocycles. The van der Waals surface area contributed by atoms with E-state index in [4.69, 9.17) is 9.26 Å². The van der Waals surface area contributed by atoms with Gasteiger partial charge in [-0.25, -0.2) is 0 Å².